The predicted octanol–water partition coefficient (Wildman–Crippen LogP) is 2.38. The van der Waals surface area contributed by atoms with E-state index in [-0.39, 0.29) is 17.0 Å². The molecule has 0 bridgehead atoms. The lowest BCUT2D eigenvalue weighted by Crippen LogP contribution is -2.55. The highest BCUT2D eigenvalue weighted by molar-refractivity contribution is 6.53. The molecule has 0 aromatic heterocycles. The van der Waals surface area contributed by atoms with Gasteiger partial charge in [-0.05, 0) is 17.7 Å². The molecule has 0 heterocycles. The monoisotopic (exact) mass is 361 g/mol. The zero-order chi connectivity index (χ0) is 18.4. The number of carbonyl (C=O) groups is 1. The van der Waals surface area contributed by atoms with Crippen molar-refractivity contribution in [2.45, 2.75) is 5.54 Å². The summed E-state index contributed by atoms with van der Waals surface area (Å²) in [5, 5.41) is 25.8. The largest absolute Gasteiger partial charge is 0.467 e. The van der Waals surface area contributed by atoms with Gasteiger partial charge in [0.25, 0.3) is 0 Å². The Balaban J connectivity index is 2.66. The second kappa shape index (κ2) is 7.78. The van der Waals surface area contributed by atoms with Gasteiger partial charge in [0.2, 0.25) is 0 Å². The van der Waals surface area contributed by atoms with E-state index in [1.807, 2.05) is 0 Å². The summed E-state index contributed by atoms with van der Waals surface area (Å²) in [5.41, 5.74) is 4.35. The topological polar surface area (TPSA) is 118 Å². The Bertz CT molecular complexity index is 806. The Hall–Kier alpha value is -2.90. The first-order valence-corrected chi connectivity index (χ1v) is 7.50. The van der Waals surface area contributed by atoms with Gasteiger partial charge in [-0.25, -0.2) is 4.79 Å². The molecule has 0 amide bonds. The molecule has 1 unspecified atom stereocenters. The molecule has 0 fully saturated rings. The van der Waals surface area contributed by atoms with Crippen molar-refractivity contribution in [2.24, 2.45) is 16.0 Å². The average Bonchev–Trinajstić information content (AvgIpc) is 2.65. The minimum Gasteiger partial charge on any atom is -0.467 e. The average molecular weight is 362 g/mol. The van der Waals surface area contributed by atoms with Crippen LogP contribution >= 0.6 is 11.6 Å². The smallest absolute Gasteiger partial charge is 0.337 e. The lowest BCUT2D eigenvalue weighted by atomic mass is 9.82. The number of oxime groups is 2. The first kappa shape index (κ1) is 18.4. The quantitative estimate of drug-likeness (QED) is 0.327. The SMILES string of the molecule is COC(=O)C(N)(C(=NO)C(=NO)c1ccccc1)c1ccc(Cl)cc1. The van der Waals surface area contributed by atoms with Crippen LogP contribution in [0.4, 0.5) is 0 Å². The van der Waals surface area contributed by atoms with E-state index in [1.165, 1.54) is 24.3 Å². The molecule has 130 valence electrons. The highest BCUT2D eigenvalue weighted by Crippen LogP contribution is 2.26. The fraction of sp³-hybridized carbons (Fsp3) is 0.118. The summed E-state index contributed by atoms with van der Waals surface area (Å²) in [6, 6.07) is 14.4. The van der Waals surface area contributed by atoms with E-state index in [9.17, 15) is 15.2 Å². The highest BCUT2D eigenvalue weighted by Gasteiger charge is 2.46. The molecule has 0 saturated heterocycles. The third-order valence-electron chi connectivity index (χ3n) is 3.65. The third-order valence-corrected chi connectivity index (χ3v) is 3.90. The molecule has 0 aliphatic heterocycles. The fourth-order valence-corrected chi connectivity index (χ4v) is 2.50. The molecule has 2 aromatic rings. The number of hydrogen-bond acceptors (Lipinski definition) is 7. The number of hydrogen-bond donors (Lipinski definition) is 3. The summed E-state index contributed by atoms with van der Waals surface area (Å²) >= 11 is 5.87. The van der Waals surface area contributed by atoms with Crippen LogP contribution in [0.15, 0.2) is 64.9 Å². The van der Waals surface area contributed by atoms with Crippen LogP contribution in [0.1, 0.15) is 11.1 Å². The second-order valence-corrected chi connectivity index (χ2v) is 5.51. The standard InChI is InChI=1S/C17H16ClN3O4/c1-25-16(22)17(19,12-7-9-13(18)10-8-12)15(21-24)14(20-23)11-5-3-2-4-6-11/h2-10,23-24H,19H2,1H3. The zero-order valence-corrected chi connectivity index (χ0v) is 14.0. The maximum atomic E-state index is 12.5. The number of ether oxygens (including phenoxy) is 1. The zero-order valence-electron chi connectivity index (χ0n) is 13.3. The molecule has 8 heteroatoms. The van der Waals surface area contributed by atoms with E-state index >= 15 is 0 Å². The van der Waals surface area contributed by atoms with Crippen molar-refractivity contribution in [3.63, 3.8) is 0 Å². The number of esters is 1. The highest BCUT2D eigenvalue weighted by atomic mass is 35.5. The van der Waals surface area contributed by atoms with Crippen molar-refractivity contribution >= 4 is 29.0 Å². The Morgan fingerprint density at radius 2 is 1.68 bits per heavy atom. The molecule has 4 N–H and O–H groups in total. The Morgan fingerprint density at radius 1 is 1.08 bits per heavy atom. The van der Waals surface area contributed by atoms with E-state index in [4.69, 9.17) is 22.1 Å². The molecule has 0 spiro atoms. The van der Waals surface area contributed by atoms with Crippen LogP contribution in [0.25, 0.3) is 0 Å². The minimum atomic E-state index is -2.02. The van der Waals surface area contributed by atoms with Crippen molar-refractivity contribution in [2.75, 3.05) is 7.11 Å². The molecule has 7 nitrogen and oxygen atoms in total. The van der Waals surface area contributed by atoms with E-state index in [2.05, 4.69) is 10.3 Å². The van der Waals surface area contributed by atoms with Gasteiger partial charge in [-0.2, -0.15) is 0 Å². The van der Waals surface area contributed by atoms with Crippen LogP contribution in [0.2, 0.25) is 5.02 Å². The molecule has 0 aliphatic rings. The first-order valence-electron chi connectivity index (χ1n) is 7.12. The molecule has 2 aromatic carbocycles. The van der Waals surface area contributed by atoms with Crippen LogP contribution in [-0.4, -0.2) is 34.9 Å². The van der Waals surface area contributed by atoms with E-state index in [1.54, 1.807) is 30.3 Å². The van der Waals surface area contributed by atoms with Gasteiger partial charge in [-0.15, -0.1) is 0 Å². The maximum Gasteiger partial charge on any atom is 0.337 e. The van der Waals surface area contributed by atoms with Crippen molar-refractivity contribution in [1.29, 1.82) is 0 Å². The number of halogens is 1. The normalized spacial score (nSPS) is 14.7. The molecule has 25 heavy (non-hydrogen) atoms. The molecular formula is C17H16ClN3O4. The maximum absolute atomic E-state index is 12.5. The van der Waals surface area contributed by atoms with E-state index in [0.29, 0.717) is 10.6 Å². The van der Waals surface area contributed by atoms with Crippen molar-refractivity contribution < 1.29 is 19.9 Å². The Labute approximate surface area is 149 Å². The molecule has 0 saturated carbocycles. The summed E-state index contributed by atoms with van der Waals surface area (Å²) in [5.74, 6) is -0.903. The summed E-state index contributed by atoms with van der Waals surface area (Å²) < 4.78 is 4.79. The van der Waals surface area contributed by atoms with Gasteiger partial charge in [-0.3, -0.25) is 0 Å². The van der Waals surface area contributed by atoms with Gasteiger partial charge in [0.1, 0.15) is 11.4 Å². The predicted molar refractivity (Wildman–Crippen MR) is 93.3 cm³/mol. The van der Waals surface area contributed by atoms with Crippen LogP contribution < -0.4 is 5.73 Å². The number of carbonyl (C=O) groups excluding carboxylic acids is 1. The third kappa shape index (κ3) is 3.47. The first-order chi connectivity index (χ1) is 12.0. The van der Waals surface area contributed by atoms with Gasteiger partial charge >= 0.3 is 5.97 Å². The lowest BCUT2D eigenvalue weighted by Gasteiger charge is -2.28. The Morgan fingerprint density at radius 3 is 2.16 bits per heavy atom. The summed E-state index contributed by atoms with van der Waals surface area (Å²) in [6.07, 6.45) is 0. The van der Waals surface area contributed by atoms with Crippen molar-refractivity contribution in [1.82, 2.24) is 0 Å². The number of nitrogens with two attached hydrogens (primary N) is 1. The number of rotatable bonds is 5. The van der Waals surface area contributed by atoms with Crippen LogP contribution in [-0.2, 0) is 15.1 Å². The van der Waals surface area contributed by atoms with Gasteiger partial charge in [0.05, 0.1) is 7.11 Å². The van der Waals surface area contributed by atoms with E-state index < -0.39 is 11.5 Å². The van der Waals surface area contributed by atoms with Crippen LogP contribution in [0.5, 0.6) is 0 Å². The second-order valence-electron chi connectivity index (χ2n) is 5.07. The number of benzene rings is 2. The van der Waals surface area contributed by atoms with E-state index in [0.717, 1.165) is 7.11 Å². The van der Waals surface area contributed by atoms with Crippen molar-refractivity contribution in [3.05, 3.63) is 70.7 Å². The van der Waals surface area contributed by atoms with Gasteiger partial charge < -0.3 is 20.9 Å². The fourth-order valence-electron chi connectivity index (χ4n) is 2.38. The molecular weight excluding hydrogens is 346 g/mol. The number of methoxy groups -OCH3 is 1. The molecule has 1 atom stereocenters. The Kier molecular flexibility index (Phi) is 5.74. The van der Waals surface area contributed by atoms with Gasteiger partial charge in [0, 0.05) is 10.6 Å². The van der Waals surface area contributed by atoms with Crippen LogP contribution in [0, 0.1) is 0 Å². The van der Waals surface area contributed by atoms with Gasteiger partial charge in [0.15, 0.2) is 5.54 Å². The molecule has 2 rings (SSSR count). The molecule has 0 radical (unpaired) electrons. The summed E-state index contributed by atoms with van der Waals surface area (Å²) in [6.45, 7) is 0. The minimum absolute atomic E-state index is 0.175. The number of nitrogens with zero attached hydrogens (tertiary/aromatic N) is 2. The summed E-state index contributed by atoms with van der Waals surface area (Å²) in [4.78, 5) is 12.5. The lowest BCUT2D eigenvalue weighted by molar-refractivity contribution is -0.144. The molecule has 0 aliphatic carbocycles. The van der Waals surface area contributed by atoms with Crippen LogP contribution in [0.3, 0.4) is 0 Å². The summed E-state index contributed by atoms with van der Waals surface area (Å²) in [7, 11) is 1.15. The van der Waals surface area contributed by atoms with Crippen molar-refractivity contribution in [3.8, 4) is 0 Å². The van der Waals surface area contributed by atoms with Gasteiger partial charge in [-0.1, -0.05) is 64.4 Å².